The average molecular weight is 1370 g/mol. The Balaban J connectivity index is 5.21. The van der Waals surface area contributed by atoms with Crippen LogP contribution in [0.15, 0.2) is 0 Å². The van der Waals surface area contributed by atoms with Crippen molar-refractivity contribution in [2.45, 2.75) is 400 Å². The third kappa shape index (κ3) is 68.4. The van der Waals surface area contributed by atoms with Crippen LogP contribution in [-0.4, -0.2) is 96.7 Å². The van der Waals surface area contributed by atoms with E-state index < -0.39 is 97.5 Å². The summed E-state index contributed by atoms with van der Waals surface area (Å²) in [5, 5.41) is 10.6. The summed E-state index contributed by atoms with van der Waals surface area (Å²) in [5.74, 6) is -0.525. The molecule has 3 N–H and O–H groups in total. The lowest BCUT2D eigenvalue weighted by atomic mass is 10.0. The van der Waals surface area contributed by atoms with Gasteiger partial charge in [0.25, 0.3) is 0 Å². The number of phosphoric ester groups is 2. The fraction of sp³-hybridized carbons (Fsp3) is 0.946. The first-order chi connectivity index (χ1) is 44.9. The van der Waals surface area contributed by atoms with Gasteiger partial charge in [0.1, 0.15) is 19.3 Å². The molecule has 0 heterocycles. The Morgan fingerprint density at radius 2 is 0.495 bits per heavy atom. The molecule has 0 rings (SSSR count). The minimum Gasteiger partial charge on any atom is -0.462 e. The van der Waals surface area contributed by atoms with Crippen LogP contribution in [-0.2, 0) is 65.4 Å². The zero-order valence-corrected chi connectivity index (χ0v) is 62.3. The van der Waals surface area contributed by atoms with Gasteiger partial charge >= 0.3 is 39.5 Å². The summed E-state index contributed by atoms with van der Waals surface area (Å²) in [5.41, 5.74) is 0. The monoisotopic (exact) mass is 1370 g/mol. The van der Waals surface area contributed by atoms with Gasteiger partial charge in [0.15, 0.2) is 12.2 Å². The predicted octanol–water partition coefficient (Wildman–Crippen LogP) is 21.6. The van der Waals surface area contributed by atoms with Gasteiger partial charge in [-0.2, -0.15) is 0 Å². The molecule has 0 aromatic carbocycles. The summed E-state index contributed by atoms with van der Waals surface area (Å²) in [6.07, 6.45) is 52.7. The van der Waals surface area contributed by atoms with Crippen LogP contribution < -0.4 is 0 Å². The molecule has 0 amide bonds. The second kappa shape index (κ2) is 66.0. The van der Waals surface area contributed by atoms with Crippen LogP contribution in [0.3, 0.4) is 0 Å². The first-order valence-electron chi connectivity index (χ1n) is 38.5. The maximum absolute atomic E-state index is 13.1. The summed E-state index contributed by atoms with van der Waals surface area (Å²) >= 11 is 0. The largest absolute Gasteiger partial charge is 0.472 e. The third-order valence-electron chi connectivity index (χ3n) is 17.2. The topological polar surface area (TPSA) is 237 Å². The van der Waals surface area contributed by atoms with E-state index >= 15 is 0 Å². The molecule has 0 saturated carbocycles. The molecule has 17 nitrogen and oxygen atoms in total. The quantitative estimate of drug-likeness (QED) is 0.0222. The highest BCUT2D eigenvalue weighted by molar-refractivity contribution is 7.47. The Kier molecular flexibility index (Phi) is 64.6. The Bertz CT molecular complexity index is 1800. The SMILES string of the molecule is CCCCCCCCCCCCCC(=O)O[C@H](COC(=O)CCCCCCCCCC)COP(=O)(O)OC[C@H](O)COP(=O)(O)OC[C@@H](COC(=O)CCCCCCCCCCCCCCCCC(C)C)OC(=O)CCCCCCCCCCCCCCCCC(C)C. The van der Waals surface area contributed by atoms with E-state index in [4.69, 9.17) is 37.0 Å². The second-order valence-electron chi connectivity index (χ2n) is 27.6. The van der Waals surface area contributed by atoms with Crippen LogP contribution in [0.1, 0.15) is 382 Å². The molecule has 0 spiro atoms. The molecule has 5 atom stereocenters. The minimum atomic E-state index is -4.96. The van der Waals surface area contributed by atoms with Gasteiger partial charge in [-0.25, -0.2) is 9.13 Å². The number of rotatable bonds is 73. The van der Waals surface area contributed by atoms with Crippen molar-refractivity contribution < 1.29 is 80.2 Å². The maximum Gasteiger partial charge on any atom is 0.472 e. The van der Waals surface area contributed by atoms with Crippen molar-refractivity contribution in [1.29, 1.82) is 0 Å². The van der Waals surface area contributed by atoms with Gasteiger partial charge in [-0.1, -0.05) is 330 Å². The zero-order chi connectivity index (χ0) is 68.6. The van der Waals surface area contributed by atoms with Crippen molar-refractivity contribution in [3.05, 3.63) is 0 Å². The number of ether oxygens (including phenoxy) is 4. The maximum atomic E-state index is 13.1. The number of aliphatic hydroxyl groups is 1. The van der Waals surface area contributed by atoms with Crippen molar-refractivity contribution in [2.75, 3.05) is 39.6 Å². The number of aliphatic hydroxyl groups excluding tert-OH is 1. The molecule has 552 valence electrons. The van der Waals surface area contributed by atoms with Crippen molar-refractivity contribution in [3.8, 4) is 0 Å². The van der Waals surface area contributed by atoms with Crippen molar-refractivity contribution in [1.82, 2.24) is 0 Å². The third-order valence-corrected chi connectivity index (χ3v) is 19.1. The number of carbonyl (C=O) groups is 4. The molecule has 0 aliphatic rings. The van der Waals surface area contributed by atoms with E-state index in [2.05, 4.69) is 41.5 Å². The molecule has 93 heavy (non-hydrogen) atoms. The number of hydrogen-bond acceptors (Lipinski definition) is 15. The number of esters is 4. The smallest absolute Gasteiger partial charge is 0.462 e. The lowest BCUT2D eigenvalue weighted by Gasteiger charge is -2.21. The molecule has 0 aromatic heterocycles. The highest BCUT2D eigenvalue weighted by Crippen LogP contribution is 2.45. The number of hydrogen-bond donors (Lipinski definition) is 3. The van der Waals surface area contributed by atoms with Crippen LogP contribution in [0.4, 0.5) is 0 Å². The van der Waals surface area contributed by atoms with Crippen LogP contribution >= 0.6 is 15.6 Å². The van der Waals surface area contributed by atoms with Crippen LogP contribution in [0.2, 0.25) is 0 Å². The Hall–Kier alpha value is -1.94. The van der Waals surface area contributed by atoms with Crippen molar-refractivity contribution in [2.24, 2.45) is 11.8 Å². The molecule has 0 radical (unpaired) electrons. The highest BCUT2D eigenvalue weighted by Gasteiger charge is 2.30. The molecule has 0 saturated heterocycles. The summed E-state index contributed by atoms with van der Waals surface area (Å²) in [4.78, 5) is 72.6. The standard InChI is InChI=1S/C74H144O17P2/c1-7-9-11-13-15-17-26-34-40-46-52-58-73(78)90-69(62-84-71(76)56-50-44-38-16-14-12-10-8-2)64-88-92(80,81)86-60-68(75)61-87-93(82,83)89-65-70(91-74(79)59-53-47-41-35-30-25-21-19-23-28-32-37-43-49-55-67(5)6)63-85-72(77)57-51-45-39-33-29-24-20-18-22-27-31-36-42-48-54-66(3)4/h66-70,75H,7-65H2,1-6H3,(H,80,81)(H,82,83)/t68-,69+,70+/m0/s1. The lowest BCUT2D eigenvalue weighted by molar-refractivity contribution is -0.161. The molecule has 0 bridgehead atoms. The van der Waals surface area contributed by atoms with E-state index in [0.717, 1.165) is 108 Å². The molecule has 0 aliphatic carbocycles. The number of phosphoric acid groups is 2. The van der Waals surface area contributed by atoms with E-state index in [1.165, 1.54) is 193 Å². The Morgan fingerprint density at radius 3 is 0.731 bits per heavy atom. The fourth-order valence-electron chi connectivity index (χ4n) is 11.3. The van der Waals surface area contributed by atoms with Gasteiger partial charge in [0.2, 0.25) is 0 Å². The minimum absolute atomic E-state index is 0.107. The van der Waals surface area contributed by atoms with Crippen LogP contribution in [0.5, 0.6) is 0 Å². The van der Waals surface area contributed by atoms with E-state index in [-0.39, 0.29) is 25.7 Å². The average Bonchev–Trinajstić information content (AvgIpc) is 2.44. The highest BCUT2D eigenvalue weighted by atomic mass is 31.2. The normalized spacial score (nSPS) is 14.1. The molecule has 0 fully saturated rings. The van der Waals surface area contributed by atoms with E-state index in [1.807, 2.05) is 0 Å². The zero-order valence-electron chi connectivity index (χ0n) is 60.6. The Morgan fingerprint density at radius 1 is 0.290 bits per heavy atom. The van der Waals surface area contributed by atoms with E-state index in [1.54, 1.807) is 0 Å². The summed E-state index contributed by atoms with van der Waals surface area (Å²) in [7, 11) is -9.90. The summed E-state index contributed by atoms with van der Waals surface area (Å²) in [6.45, 7) is 9.60. The van der Waals surface area contributed by atoms with Gasteiger partial charge in [-0.15, -0.1) is 0 Å². The summed E-state index contributed by atoms with van der Waals surface area (Å²) in [6, 6.07) is 0. The molecule has 2 unspecified atom stereocenters. The first-order valence-corrected chi connectivity index (χ1v) is 41.5. The second-order valence-corrected chi connectivity index (χ2v) is 30.5. The number of unbranched alkanes of at least 4 members (excludes halogenated alkanes) is 43. The van der Waals surface area contributed by atoms with E-state index in [9.17, 15) is 43.2 Å². The fourth-order valence-corrected chi connectivity index (χ4v) is 12.9. The molecular formula is C74H144O17P2. The Labute approximate surface area is 568 Å². The molecule has 19 heteroatoms. The van der Waals surface area contributed by atoms with Gasteiger partial charge in [0, 0.05) is 25.7 Å². The lowest BCUT2D eigenvalue weighted by Crippen LogP contribution is -2.30. The van der Waals surface area contributed by atoms with Gasteiger partial charge < -0.3 is 33.8 Å². The molecule has 0 aromatic rings. The number of carbonyl (C=O) groups excluding carboxylic acids is 4. The van der Waals surface area contributed by atoms with Gasteiger partial charge in [0.05, 0.1) is 26.4 Å². The predicted molar refractivity (Wildman–Crippen MR) is 377 cm³/mol. The first kappa shape index (κ1) is 91.1. The molecular weight excluding hydrogens is 1220 g/mol. The van der Waals surface area contributed by atoms with Crippen molar-refractivity contribution >= 4 is 39.5 Å². The van der Waals surface area contributed by atoms with Crippen molar-refractivity contribution in [3.63, 3.8) is 0 Å². The van der Waals surface area contributed by atoms with Crippen LogP contribution in [0.25, 0.3) is 0 Å². The van der Waals surface area contributed by atoms with Gasteiger partial charge in [-0.05, 0) is 37.5 Å². The summed E-state index contributed by atoms with van der Waals surface area (Å²) < 4.78 is 68.4. The van der Waals surface area contributed by atoms with E-state index in [0.29, 0.717) is 25.7 Å². The van der Waals surface area contributed by atoms with Gasteiger partial charge in [-0.3, -0.25) is 37.3 Å². The molecule has 0 aliphatic heterocycles. The van der Waals surface area contributed by atoms with Crippen LogP contribution in [0, 0.1) is 11.8 Å².